The zero-order chi connectivity index (χ0) is 18.8. The maximum Gasteiger partial charge on any atom is 0.261 e. The maximum absolute atomic E-state index is 13.2. The fourth-order valence-electron chi connectivity index (χ4n) is 2.41. The number of rotatable bonds is 5. The average Bonchev–Trinajstić information content (AvgIpc) is 3.02. The molecule has 3 aromatic rings. The van der Waals surface area contributed by atoms with Gasteiger partial charge in [0.15, 0.2) is 5.13 Å². The molecular formula is C18H16Cl3N3OS. The highest BCUT2D eigenvalue weighted by atomic mass is 35.5. The van der Waals surface area contributed by atoms with Crippen LogP contribution in [0.2, 0.25) is 15.1 Å². The normalized spacial score (nSPS) is 11.3. The summed E-state index contributed by atoms with van der Waals surface area (Å²) in [4.78, 5) is 21.4. The van der Waals surface area contributed by atoms with Gasteiger partial charge in [0.2, 0.25) is 0 Å². The van der Waals surface area contributed by atoms with Crippen molar-refractivity contribution in [2.75, 3.05) is 32.1 Å². The van der Waals surface area contributed by atoms with Gasteiger partial charge in [-0.15, -0.1) is 0 Å². The van der Waals surface area contributed by atoms with E-state index in [0.29, 0.717) is 44.4 Å². The first kappa shape index (κ1) is 19.4. The standard InChI is InChI=1S/C18H16Cl3N3OS/c1-23(2)8-9-24(17(25)12-10-11(19)6-7-13(12)20)18-22-16-14(21)4-3-5-15(16)26-18/h3-7,10H,8-9H2,1-2H3. The number of benzene rings is 2. The molecule has 0 bridgehead atoms. The highest BCUT2D eigenvalue weighted by Crippen LogP contribution is 2.34. The topological polar surface area (TPSA) is 36.4 Å². The first-order valence-corrected chi connectivity index (χ1v) is 9.78. The van der Waals surface area contributed by atoms with Gasteiger partial charge in [-0.25, -0.2) is 4.98 Å². The van der Waals surface area contributed by atoms with Crippen LogP contribution in [0.1, 0.15) is 10.4 Å². The first-order chi connectivity index (χ1) is 12.4. The number of thiazole rings is 1. The van der Waals surface area contributed by atoms with E-state index >= 15 is 0 Å². The van der Waals surface area contributed by atoms with Crippen LogP contribution in [-0.4, -0.2) is 43.0 Å². The first-order valence-electron chi connectivity index (χ1n) is 7.83. The molecule has 1 amide bonds. The molecule has 0 aliphatic carbocycles. The van der Waals surface area contributed by atoms with Gasteiger partial charge >= 0.3 is 0 Å². The minimum atomic E-state index is -0.241. The Morgan fingerprint density at radius 3 is 2.54 bits per heavy atom. The molecule has 0 spiro atoms. The summed E-state index contributed by atoms with van der Waals surface area (Å²) < 4.78 is 0.923. The molecule has 0 radical (unpaired) electrons. The zero-order valence-electron chi connectivity index (χ0n) is 14.2. The van der Waals surface area contributed by atoms with Gasteiger partial charge in [0, 0.05) is 18.1 Å². The van der Waals surface area contributed by atoms with Gasteiger partial charge in [0.05, 0.1) is 20.3 Å². The highest BCUT2D eigenvalue weighted by molar-refractivity contribution is 7.22. The number of nitrogens with zero attached hydrogens (tertiary/aromatic N) is 3. The molecule has 4 nitrogen and oxygen atoms in total. The van der Waals surface area contributed by atoms with Gasteiger partial charge in [-0.05, 0) is 44.4 Å². The number of para-hydroxylation sites is 1. The summed E-state index contributed by atoms with van der Waals surface area (Å²) in [5, 5.41) is 1.95. The molecular weight excluding hydrogens is 413 g/mol. The summed E-state index contributed by atoms with van der Waals surface area (Å²) in [6.45, 7) is 1.14. The van der Waals surface area contributed by atoms with Gasteiger partial charge in [-0.2, -0.15) is 0 Å². The predicted octanol–water partition coefficient (Wildman–Crippen LogP) is 5.46. The van der Waals surface area contributed by atoms with Crippen LogP contribution in [0.3, 0.4) is 0 Å². The van der Waals surface area contributed by atoms with E-state index in [4.69, 9.17) is 34.8 Å². The zero-order valence-corrected chi connectivity index (χ0v) is 17.3. The van der Waals surface area contributed by atoms with E-state index in [0.717, 1.165) is 4.70 Å². The van der Waals surface area contributed by atoms with Crippen molar-refractivity contribution in [1.82, 2.24) is 9.88 Å². The fourth-order valence-corrected chi connectivity index (χ4v) is 4.07. The molecule has 3 rings (SSSR count). The molecule has 8 heteroatoms. The number of halogens is 3. The van der Waals surface area contributed by atoms with Crippen LogP contribution in [0.4, 0.5) is 5.13 Å². The van der Waals surface area contributed by atoms with Crippen LogP contribution in [-0.2, 0) is 0 Å². The Morgan fingerprint density at radius 2 is 1.85 bits per heavy atom. The number of carbonyl (C=O) groups excluding carboxylic acids is 1. The lowest BCUT2D eigenvalue weighted by Crippen LogP contribution is -2.36. The molecule has 0 aliphatic rings. The Morgan fingerprint density at radius 1 is 1.08 bits per heavy atom. The third-order valence-electron chi connectivity index (χ3n) is 3.76. The quantitative estimate of drug-likeness (QED) is 0.541. The number of fused-ring (bicyclic) bond motifs is 1. The molecule has 136 valence electrons. The van der Waals surface area contributed by atoms with E-state index < -0.39 is 0 Å². The van der Waals surface area contributed by atoms with Crippen molar-refractivity contribution in [2.45, 2.75) is 0 Å². The minimum absolute atomic E-state index is 0.241. The number of hydrogen-bond acceptors (Lipinski definition) is 4. The summed E-state index contributed by atoms with van der Waals surface area (Å²) in [6.07, 6.45) is 0. The number of amides is 1. The third kappa shape index (κ3) is 4.13. The third-order valence-corrected chi connectivity index (χ3v) is 5.68. The Balaban J connectivity index is 2.04. The molecule has 1 heterocycles. The van der Waals surface area contributed by atoms with Crippen molar-refractivity contribution < 1.29 is 4.79 Å². The minimum Gasteiger partial charge on any atom is -0.308 e. The Bertz CT molecular complexity index is 958. The van der Waals surface area contributed by atoms with Crippen LogP contribution in [0.15, 0.2) is 36.4 Å². The SMILES string of the molecule is CN(C)CCN(C(=O)c1cc(Cl)ccc1Cl)c1nc2c(Cl)cccc2s1. The second-order valence-corrected chi connectivity index (χ2v) is 8.23. The molecule has 0 saturated carbocycles. The van der Waals surface area contributed by atoms with E-state index in [1.165, 1.54) is 11.3 Å². The van der Waals surface area contributed by atoms with Gasteiger partial charge in [-0.3, -0.25) is 9.69 Å². The van der Waals surface area contributed by atoms with Crippen LogP contribution in [0, 0.1) is 0 Å². The van der Waals surface area contributed by atoms with Gasteiger partial charge in [0.1, 0.15) is 5.52 Å². The van der Waals surface area contributed by atoms with Crippen molar-refractivity contribution in [3.63, 3.8) is 0 Å². The molecule has 26 heavy (non-hydrogen) atoms. The van der Waals surface area contributed by atoms with Gasteiger partial charge in [-0.1, -0.05) is 52.2 Å². The molecule has 0 fully saturated rings. The van der Waals surface area contributed by atoms with Crippen molar-refractivity contribution >= 4 is 67.4 Å². The summed E-state index contributed by atoms with van der Waals surface area (Å²) in [5.74, 6) is -0.241. The summed E-state index contributed by atoms with van der Waals surface area (Å²) in [6, 6.07) is 10.4. The maximum atomic E-state index is 13.2. The number of aromatic nitrogens is 1. The van der Waals surface area contributed by atoms with Gasteiger partial charge in [0.25, 0.3) is 5.91 Å². The largest absolute Gasteiger partial charge is 0.308 e. The Kier molecular flexibility index (Phi) is 6.05. The van der Waals surface area contributed by atoms with Crippen molar-refractivity contribution in [1.29, 1.82) is 0 Å². The summed E-state index contributed by atoms with van der Waals surface area (Å²) >= 11 is 19.9. The highest BCUT2D eigenvalue weighted by Gasteiger charge is 2.24. The predicted molar refractivity (Wildman–Crippen MR) is 111 cm³/mol. The molecule has 0 saturated heterocycles. The van der Waals surface area contributed by atoms with E-state index in [2.05, 4.69) is 4.98 Å². The van der Waals surface area contributed by atoms with E-state index in [1.807, 2.05) is 31.1 Å². The number of anilines is 1. The average molecular weight is 429 g/mol. The Labute approximate surface area is 170 Å². The van der Waals surface area contributed by atoms with Crippen LogP contribution >= 0.6 is 46.1 Å². The van der Waals surface area contributed by atoms with Crippen LogP contribution in [0.25, 0.3) is 10.2 Å². The van der Waals surface area contributed by atoms with Crippen molar-refractivity contribution in [3.05, 3.63) is 57.0 Å². The van der Waals surface area contributed by atoms with E-state index in [9.17, 15) is 4.79 Å². The van der Waals surface area contributed by atoms with Crippen molar-refractivity contribution in [3.8, 4) is 0 Å². The monoisotopic (exact) mass is 427 g/mol. The molecule has 1 aromatic heterocycles. The fraction of sp³-hybridized carbons (Fsp3) is 0.222. The lowest BCUT2D eigenvalue weighted by molar-refractivity contribution is 0.0985. The van der Waals surface area contributed by atoms with E-state index in [1.54, 1.807) is 29.2 Å². The number of carbonyl (C=O) groups is 1. The van der Waals surface area contributed by atoms with Crippen LogP contribution < -0.4 is 4.90 Å². The molecule has 0 atom stereocenters. The molecule has 0 aliphatic heterocycles. The van der Waals surface area contributed by atoms with E-state index in [-0.39, 0.29) is 5.91 Å². The summed E-state index contributed by atoms with van der Waals surface area (Å²) in [5.41, 5.74) is 1.04. The molecule has 2 aromatic carbocycles. The number of hydrogen-bond donors (Lipinski definition) is 0. The second-order valence-electron chi connectivity index (χ2n) is 5.97. The second kappa shape index (κ2) is 8.11. The Hall–Kier alpha value is -1.37. The lowest BCUT2D eigenvalue weighted by Gasteiger charge is -2.22. The van der Waals surface area contributed by atoms with Crippen molar-refractivity contribution in [2.24, 2.45) is 0 Å². The smallest absolute Gasteiger partial charge is 0.261 e. The lowest BCUT2D eigenvalue weighted by atomic mass is 10.2. The van der Waals surface area contributed by atoms with Gasteiger partial charge < -0.3 is 4.90 Å². The summed E-state index contributed by atoms with van der Waals surface area (Å²) in [7, 11) is 3.90. The molecule has 0 unspecified atom stereocenters. The molecule has 0 N–H and O–H groups in total. The number of likely N-dealkylation sites (N-methyl/N-ethyl adjacent to an activating group) is 1. The van der Waals surface area contributed by atoms with Crippen LogP contribution in [0.5, 0.6) is 0 Å².